The summed E-state index contributed by atoms with van der Waals surface area (Å²) in [5.74, 6) is 0. The summed E-state index contributed by atoms with van der Waals surface area (Å²) in [4.78, 5) is 0. The second-order valence-electron chi connectivity index (χ2n) is 0.192. The molecule has 0 spiro atoms. The van der Waals surface area contributed by atoms with Gasteiger partial charge in [0.2, 0.25) is 0 Å². The van der Waals surface area contributed by atoms with E-state index in [1.54, 1.807) is 0 Å². The van der Waals surface area contributed by atoms with E-state index in [-0.39, 0.29) is 4.70 Å². The summed E-state index contributed by atoms with van der Waals surface area (Å²) < 4.78 is 29.6. The Morgan fingerprint density at radius 2 is 1.00 bits per heavy atom. The molecule has 0 heterocycles. The van der Waals surface area contributed by atoms with E-state index in [2.05, 4.69) is 0 Å². The van der Waals surface area contributed by atoms with Crippen LogP contribution in [0.2, 0.25) is 0 Å². The number of rotatable bonds is 0. The molecule has 0 N–H and O–H groups in total. The van der Waals surface area contributed by atoms with Crippen molar-refractivity contribution in [3.05, 3.63) is 0 Å². The first-order chi connectivity index (χ1) is 1.73. The van der Waals surface area contributed by atoms with Gasteiger partial charge in [-0.05, 0) is 0 Å². The van der Waals surface area contributed by atoms with Gasteiger partial charge in [0, 0.05) is 0 Å². The van der Waals surface area contributed by atoms with E-state index in [0.29, 0.717) is 0 Å². The minimum absolute atomic E-state index is 0. The first-order valence-electron chi connectivity index (χ1n) is 0.507. The van der Waals surface area contributed by atoms with Crippen LogP contribution in [0.1, 0.15) is 0 Å². The minimum atomic E-state index is -4.95. The molecule has 0 aliphatic carbocycles. The van der Waals surface area contributed by atoms with Gasteiger partial charge in [-0.15, -0.1) is 0 Å². The molecule has 5 heavy (non-hydrogen) atoms. The van der Waals surface area contributed by atoms with Gasteiger partial charge < -0.3 is 0 Å². The molecule has 0 aromatic heterocycles. The van der Waals surface area contributed by atoms with E-state index in [0.717, 1.165) is 0 Å². The van der Waals surface area contributed by atoms with Crippen LogP contribution < -0.4 is 0 Å². The molecule has 0 saturated carbocycles. The Balaban J connectivity index is 0. The van der Waals surface area contributed by atoms with Crippen molar-refractivity contribution in [1.82, 2.24) is 0 Å². The molecule has 0 fully saturated rings. The van der Waals surface area contributed by atoms with Crippen molar-refractivity contribution >= 4 is 22.0 Å². The van der Waals surface area contributed by atoms with Gasteiger partial charge in [-0.1, -0.05) is 0 Å². The zero-order valence-electron chi connectivity index (χ0n) is 1.99. The van der Waals surface area contributed by atoms with Crippen LogP contribution >= 0.6 is 0 Å². The number of hydrogen-bond donors (Lipinski definition) is 0. The van der Waals surface area contributed by atoms with Gasteiger partial charge in [0.1, 0.15) is 0 Å². The van der Waals surface area contributed by atoms with E-state index in [4.69, 9.17) is 0 Å². The molecule has 0 saturated heterocycles. The average Bonchev–Trinajstić information content (AvgIpc) is 0.811. The molecule has 0 nitrogen and oxygen atoms in total. The maximum atomic E-state index is 9.85. The van der Waals surface area contributed by atoms with Crippen molar-refractivity contribution in [3.8, 4) is 0 Å². The summed E-state index contributed by atoms with van der Waals surface area (Å²) in [7, 11) is 0. The molecule has 0 aliphatic rings. The molecule has 0 rings (SSSR count). The van der Waals surface area contributed by atoms with Gasteiger partial charge >= 0.3 is 30.4 Å². The van der Waals surface area contributed by atoms with Crippen LogP contribution in [0.3, 0.4) is 0 Å². The van der Waals surface area contributed by atoms with Gasteiger partial charge in [-0.3, -0.25) is 4.70 Å². The molecule has 0 radical (unpaired) electrons. The monoisotopic (exact) mass is 198 g/mol. The van der Waals surface area contributed by atoms with Gasteiger partial charge in [0.15, 0.2) is 0 Å². The first-order valence-corrected chi connectivity index (χ1v) is 3.40. The van der Waals surface area contributed by atoms with E-state index in [1.807, 2.05) is 0 Å². The zero-order valence-corrected chi connectivity index (χ0v) is 4.54. The van der Waals surface area contributed by atoms with Gasteiger partial charge in [-0.2, -0.15) is 0 Å². The molecular formula is HF4Sb. The molecule has 0 unspecified atom stereocenters. The molecule has 0 aliphatic heterocycles. The van der Waals surface area contributed by atoms with Gasteiger partial charge in [0.05, 0.1) is 0 Å². The van der Waals surface area contributed by atoms with E-state index in [1.165, 1.54) is 0 Å². The summed E-state index contributed by atoms with van der Waals surface area (Å²) in [5.41, 5.74) is 0. The van der Waals surface area contributed by atoms with Crippen molar-refractivity contribution < 1.29 is 13.1 Å². The van der Waals surface area contributed by atoms with Crippen LogP contribution in [0.4, 0.5) is 13.1 Å². The van der Waals surface area contributed by atoms with Crippen molar-refractivity contribution in [1.29, 1.82) is 0 Å². The first kappa shape index (κ1) is 9.11. The van der Waals surface area contributed by atoms with Crippen molar-refractivity contribution in [2.75, 3.05) is 0 Å². The standard InChI is InChI=1S/4FH.Sb/h4*1H;/q;;;;+3/p-3. The third-order valence-corrected chi connectivity index (χ3v) is 0. The van der Waals surface area contributed by atoms with Crippen LogP contribution in [0.5, 0.6) is 0 Å². The molecule has 0 bridgehead atoms. The fourth-order valence-electron chi connectivity index (χ4n) is 0. The summed E-state index contributed by atoms with van der Waals surface area (Å²) in [5, 5.41) is 0. The summed E-state index contributed by atoms with van der Waals surface area (Å²) >= 11 is -4.95. The van der Waals surface area contributed by atoms with Gasteiger partial charge in [0.25, 0.3) is 0 Å². The Morgan fingerprint density at radius 1 is 1.00 bits per heavy atom. The molecule has 0 atom stereocenters. The molecule has 34 valence electrons. The summed E-state index contributed by atoms with van der Waals surface area (Å²) in [6.07, 6.45) is 0. The Bertz CT molecular complexity index is 8.36. The maximum absolute atomic E-state index is 9.85. The molecule has 0 aromatic carbocycles. The molecular weight excluding hydrogens is 198 g/mol. The quantitative estimate of drug-likeness (QED) is 0.403. The normalized spacial score (nSPS) is 7.20. The predicted octanol–water partition coefficient (Wildman–Crippen LogP) is 1.03. The van der Waals surface area contributed by atoms with Gasteiger partial charge in [-0.25, -0.2) is 0 Å². The van der Waals surface area contributed by atoms with Crippen LogP contribution in [0, 0.1) is 0 Å². The van der Waals surface area contributed by atoms with Crippen LogP contribution in [0.25, 0.3) is 0 Å². The van der Waals surface area contributed by atoms with Crippen LogP contribution in [-0.4, -0.2) is 22.0 Å². The van der Waals surface area contributed by atoms with Crippen molar-refractivity contribution in [2.45, 2.75) is 0 Å². The Hall–Kier alpha value is 0.538. The SMILES string of the molecule is F.[F][Sb]([F])[F]. The third kappa shape index (κ3) is 101. The van der Waals surface area contributed by atoms with E-state index < -0.39 is 22.0 Å². The Morgan fingerprint density at radius 3 is 1.00 bits per heavy atom. The fourth-order valence-corrected chi connectivity index (χ4v) is 0. The van der Waals surface area contributed by atoms with Crippen molar-refractivity contribution in [2.24, 2.45) is 0 Å². The second-order valence-corrected chi connectivity index (χ2v) is 1.29. The number of hydrogen-bond acceptors (Lipinski definition) is 0. The molecule has 0 aromatic rings. The molecule has 5 heteroatoms. The Labute approximate surface area is 35.7 Å². The van der Waals surface area contributed by atoms with Crippen molar-refractivity contribution in [3.63, 3.8) is 0 Å². The third-order valence-electron chi connectivity index (χ3n) is 0. The number of halogens is 4. The van der Waals surface area contributed by atoms with Crippen LogP contribution in [0.15, 0.2) is 0 Å². The second kappa shape index (κ2) is 4.54. The zero-order chi connectivity index (χ0) is 3.58. The topological polar surface area (TPSA) is 0 Å². The predicted molar refractivity (Wildman–Crippen MR) is 11.6 cm³/mol. The van der Waals surface area contributed by atoms with E-state index in [9.17, 15) is 8.44 Å². The van der Waals surface area contributed by atoms with E-state index >= 15 is 0 Å². The fraction of sp³-hybridized carbons (Fsp3) is 0. The molecule has 0 amide bonds. The average molecular weight is 199 g/mol. The van der Waals surface area contributed by atoms with Crippen LogP contribution in [-0.2, 0) is 0 Å². The summed E-state index contributed by atoms with van der Waals surface area (Å²) in [6, 6.07) is 0. The summed E-state index contributed by atoms with van der Waals surface area (Å²) in [6.45, 7) is 0. The Kier molecular flexibility index (Phi) is 8.27.